The molecule has 2 fully saturated rings. The van der Waals surface area contributed by atoms with Gasteiger partial charge in [0.05, 0.1) is 0 Å². The molecule has 140 valence electrons. The van der Waals surface area contributed by atoms with E-state index in [1.54, 1.807) is 0 Å². The molecular weight excluding hydrogens is 423 g/mol. The van der Waals surface area contributed by atoms with Crippen LogP contribution in [0.2, 0.25) is 0 Å². The molecule has 0 amide bonds. The predicted octanol–water partition coefficient (Wildman–Crippen LogP) is 3.26. The Balaban J connectivity index is 0.00000225. The van der Waals surface area contributed by atoms with E-state index < -0.39 is 0 Å². The molecule has 1 aliphatic carbocycles. The number of nitrogens with one attached hydrogen (secondary N) is 1. The van der Waals surface area contributed by atoms with Crippen LogP contribution in [0.3, 0.4) is 0 Å². The number of hydrogen-bond donors (Lipinski definition) is 1. The molecule has 1 saturated heterocycles. The minimum atomic E-state index is 0. The maximum Gasteiger partial charge on any atom is 0.193 e. The number of hydrogen-bond acceptors (Lipinski definition) is 2. The summed E-state index contributed by atoms with van der Waals surface area (Å²) in [5, 5.41) is 3.61. The summed E-state index contributed by atoms with van der Waals surface area (Å²) in [4.78, 5) is 9.49. The number of piperazine rings is 1. The standard InChI is InChI=1S/C20H32N4.HI/c1-16(2)15-23-9-11-24(12-10-23)20(21-3)22-14-18-13-19(18)17-7-5-4-6-8-17;/h4-8,16,18-19H,9-15H2,1-3H3,(H,21,22);1H. The molecule has 1 heterocycles. The summed E-state index contributed by atoms with van der Waals surface area (Å²) in [5.41, 5.74) is 1.49. The molecule has 0 aromatic heterocycles. The van der Waals surface area contributed by atoms with Gasteiger partial charge >= 0.3 is 0 Å². The monoisotopic (exact) mass is 456 g/mol. The Bertz CT molecular complexity index is 538. The summed E-state index contributed by atoms with van der Waals surface area (Å²) in [6.07, 6.45) is 1.30. The van der Waals surface area contributed by atoms with Crippen molar-refractivity contribution < 1.29 is 0 Å². The van der Waals surface area contributed by atoms with E-state index in [-0.39, 0.29) is 24.0 Å². The Morgan fingerprint density at radius 3 is 2.44 bits per heavy atom. The van der Waals surface area contributed by atoms with Crippen molar-refractivity contribution in [1.29, 1.82) is 0 Å². The quantitative estimate of drug-likeness (QED) is 0.419. The maximum absolute atomic E-state index is 4.51. The highest BCUT2D eigenvalue weighted by Gasteiger charge is 2.38. The number of aliphatic imine (C=N–C) groups is 1. The van der Waals surface area contributed by atoms with Crippen LogP contribution in [0.15, 0.2) is 35.3 Å². The van der Waals surface area contributed by atoms with Gasteiger partial charge in [-0.25, -0.2) is 0 Å². The maximum atomic E-state index is 4.51. The normalized spacial score (nSPS) is 24.2. The highest BCUT2D eigenvalue weighted by molar-refractivity contribution is 14.0. The minimum Gasteiger partial charge on any atom is -0.356 e. The SMILES string of the molecule is CN=C(NCC1CC1c1ccccc1)N1CCN(CC(C)C)CC1.I. The van der Waals surface area contributed by atoms with Gasteiger partial charge in [0.1, 0.15) is 0 Å². The lowest BCUT2D eigenvalue weighted by atomic mass is 10.1. The van der Waals surface area contributed by atoms with Gasteiger partial charge in [-0.2, -0.15) is 0 Å². The second-order valence-electron chi connectivity index (χ2n) is 7.62. The van der Waals surface area contributed by atoms with Crippen molar-refractivity contribution >= 4 is 29.9 Å². The van der Waals surface area contributed by atoms with Gasteiger partial charge in [-0.15, -0.1) is 24.0 Å². The second-order valence-corrected chi connectivity index (χ2v) is 7.62. The van der Waals surface area contributed by atoms with Crippen LogP contribution in [0.25, 0.3) is 0 Å². The van der Waals surface area contributed by atoms with Crippen LogP contribution in [0.4, 0.5) is 0 Å². The van der Waals surface area contributed by atoms with E-state index in [4.69, 9.17) is 0 Å². The minimum absolute atomic E-state index is 0. The summed E-state index contributed by atoms with van der Waals surface area (Å²) in [6, 6.07) is 10.9. The zero-order valence-electron chi connectivity index (χ0n) is 15.8. The zero-order valence-corrected chi connectivity index (χ0v) is 18.1. The smallest absolute Gasteiger partial charge is 0.193 e. The van der Waals surface area contributed by atoms with Crippen molar-refractivity contribution in [2.75, 3.05) is 46.3 Å². The average Bonchev–Trinajstić information content (AvgIpc) is 3.37. The van der Waals surface area contributed by atoms with Gasteiger partial charge in [0.15, 0.2) is 5.96 Å². The van der Waals surface area contributed by atoms with Crippen molar-refractivity contribution in [1.82, 2.24) is 15.1 Å². The largest absolute Gasteiger partial charge is 0.356 e. The first-order chi connectivity index (χ1) is 11.7. The van der Waals surface area contributed by atoms with Crippen LogP contribution >= 0.6 is 24.0 Å². The molecule has 0 radical (unpaired) electrons. The molecule has 1 aromatic rings. The molecule has 1 aliphatic heterocycles. The van der Waals surface area contributed by atoms with Gasteiger partial charge in [-0.3, -0.25) is 9.89 Å². The average molecular weight is 456 g/mol. The van der Waals surface area contributed by atoms with E-state index in [0.29, 0.717) is 0 Å². The third-order valence-corrected chi connectivity index (χ3v) is 5.18. The van der Waals surface area contributed by atoms with Crippen molar-refractivity contribution in [2.24, 2.45) is 16.8 Å². The van der Waals surface area contributed by atoms with Gasteiger partial charge in [-0.1, -0.05) is 44.2 Å². The molecule has 3 rings (SSSR count). The summed E-state index contributed by atoms with van der Waals surface area (Å²) in [6.45, 7) is 11.3. The fraction of sp³-hybridized carbons (Fsp3) is 0.650. The number of rotatable bonds is 5. The Morgan fingerprint density at radius 1 is 1.16 bits per heavy atom. The van der Waals surface area contributed by atoms with Gasteiger partial charge in [-0.05, 0) is 29.7 Å². The van der Waals surface area contributed by atoms with E-state index >= 15 is 0 Å². The lowest BCUT2D eigenvalue weighted by molar-refractivity contribution is 0.164. The molecule has 5 heteroatoms. The van der Waals surface area contributed by atoms with E-state index in [9.17, 15) is 0 Å². The lowest BCUT2D eigenvalue weighted by Crippen LogP contribution is -2.53. The first kappa shape index (κ1) is 20.5. The molecule has 4 nitrogen and oxygen atoms in total. The van der Waals surface area contributed by atoms with Crippen molar-refractivity contribution in [3.8, 4) is 0 Å². The Morgan fingerprint density at radius 2 is 1.84 bits per heavy atom. The van der Waals surface area contributed by atoms with Crippen LogP contribution in [0.5, 0.6) is 0 Å². The Kier molecular flexibility index (Phi) is 8.00. The first-order valence-corrected chi connectivity index (χ1v) is 9.40. The zero-order chi connectivity index (χ0) is 16.9. The first-order valence-electron chi connectivity index (χ1n) is 9.40. The summed E-state index contributed by atoms with van der Waals surface area (Å²) >= 11 is 0. The van der Waals surface area contributed by atoms with E-state index in [2.05, 4.69) is 64.3 Å². The van der Waals surface area contributed by atoms with Crippen LogP contribution < -0.4 is 5.32 Å². The fourth-order valence-electron chi connectivity index (χ4n) is 3.79. The van der Waals surface area contributed by atoms with Crippen LogP contribution in [0.1, 0.15) is 31.7 Å². The highest BCUT2D eigenvalue weighted by atomic mass is 127. The molecule has 2 aliphatic rings. The number of benzene rings is 1. The van der Waals surface area contributed by atoms with Crippen molar-refractivity contribution in [3.63, 3.8) is 0 Å². The third-order valence-electron chi connectivity index (χ3n) is 5.18. The summed E-state index contributed by atoms with van der Waals surface area (Å²) < 4.78 is 0. The molecule has 25 heavy (non-hydrogen) atoms. The molecule has 1 aromatic carbocycles. The molecule has 0 spiro atoms. The Hall–Kier alpha value is -0.820. The molecular formula is C20H33IN4. The third kappa shape index (κ3) is 5.84. The molecule has 2 atom stereocenters. The van der Waals surface area contributed by atoms with Crippen LogP contribution in [-0.2, 0) is 0 Å². The van der Waals surface area contributed by atoms with Crippen molar-refractivity contribution in [2.45, 2.75) is 26.2 Å². The van der Waals surface area contributed by atoms with Crippen molar-refractivity contribution in [3.05, 3.63) is 35.9 Å². The van der Waals surface area contributed by atoms with Gasteiger partial charge in [0, 0.05) is 46.3 Å². The predicted molar refractivity (Wildman–Crippen MR) is 117 cm³/mol. The second kappa shape index (κ2) is 9.76. The van der Waals surface area contributed by atoms with Gasteiger partial charge in [0.25, 0.3) is 0 Å². The van der Waals surface area contributed by atoms with E-state index in [1.807, 2.05) is 7.05 Å². The Labute approximate surface area is 170 Å². The lowest BCUT2D eigenvalue weighted by Gasteiger charge is -2.37. The fourth-order valence-corrected chi connectivity index (χ4v) is 3.79. The van der Waals surface area contributed by atoms with E-state index in [0.717, 1.165) is 56.4 Å². The van der Waals surface area contributed by atoms with Crippen LogP contribution in [-0.4, -0.2) is 62.1 Å². The van der Waals surface area contributed by atoms with Gasteiger partial charge in [0.2, 0.25) is 0 Å². The molecule has 1 N–H and O–H groups in total. The highest BCUT2D eigenvalue weighted by Crippen LogP contribution is 2.46. The summed E-state index contributed by atoms with van der Waals surface area (Å²) in [5.74, 6) is 3.32. The number of guanidine groups is 1. The molecule has 2 unspecified atom stereocenters. The molecule has 0 bridgehead atoms. The number of halogens is 1. The topological polar surface area (TPSA) is 30.9 Å². The summed E-state index contributed by atoms with van der Waals surface area (Å²) in [7, 11) is 1.91. The molecule has 1 saturated carbocycles. The van der Waals surface area contributed by atoms with Crippen LogP contribution in [0, 0.1) is 11.8 Å². The van der Waals surface area contributed by atoms with Gasteiger partial charge < -0.3 is 10.2 Å². The van der Waals surface area contributed by atoms with E-state index in [1.165, 1.54) is 18.5 Å². The number of nitrogens with zero attached hydrogens (tertiary/aromatic N) is 3.